The van der Waals surface area contributed by atoms with E-state index in [0.717, 1.165) is 31.7 Å². The van der Waals surface area contributed by atoms with Crippen molar-refractivity contribution in [3.63, 3.8) is 0 Å². The van der Waals surface area contributed by atoms with Crippen molar-refractivity contribution in [1.29, 1.82) is 0 Å². The third-order valence-corrected chi connectivity index (χ3v) is 4.46. The van der Waals surface area contributed by atoms with E-state index in [4.69, 9.17) is 10.5 Å². The fraction of sp³-hybridized carbons (Fsp3) is 0.929. The minimum absolute atomic E-state index is 0.0195. The van der Waals surface area contributed by atoms with Crippen LogP contribution < -0.4 is 11.1 Å². The summed E-state index contributed by atoms with van der Waals surface area (Å²) in [5.41, 5.74) is 6.29. The minimum atomic E-state index is -0.146. The Morgan fingerprint density at radius 3 is 2.61 bits per heavy atom. The monoisotopic (exact) mass is 254 g/mol. The molecule has 2 fully saturated rings. The highest BCUT2D eigenvalue weighted by molar-refractivity contribution is 5.38. The highest BCUT2D eigenvalue weighted by Gasteiger charge is 2.32. The number of nitrogens with two attached hydrogens (primary N) is 1. The average molecular weight is 254 g/mol. The zero-order valence-corrected chi connectivity index (χ0v) is 11.1. The normalized spacial score (nSPS) is 28.8. The molecule has 0 amide bonds. The van der Waals surface area contributed by atoms with Gasteiger partial charge in [0.15, 0.2) is 0 Å². The van der Waals surface area contributed by atoms with Crippen molar-refractivity contribution < 1.29 is 9.53 Å². The molecule has 18 heavy (non-hydrogen) atoms. The van der Waals surface area contributed by atoms with Gasteiger partial charge < -0.3 is 15.8 Å². The van der Waals surface area contributed by atoms with Crippen molar-refractivity contribution in [1.82, 2.24) is 5.32 Å². The molecule has 1 saturated heterocycles. The van der Waals surface area contributed by atoms with Crippen LogP contribution in [0.25, 0.3) is 0 Å². The van der Waals surface area contributed by atoms with E-state index in [0.29, 0.717) is 6.47 Å². The molecule has 0 aromatic carbocycles. The van der Waals surface area contributed by atoms with Gasteiger partial charge >= 0.3 is 0 Å². The number of carbonyl (C=O) groups excluding carboxylic acids is 1. The molecule has 0 bridgehead atoms. The highest BCUT2D eigenvalue weighted by Crippen LogP contribution is 2.28. The van der Waals surface area contributed by atoms with Crippen molar-refractivity contribution in [2.75, 3.05) is 6.54 Å². The number of carbonyl (C=O) groups is 1. The standard InChI is InChI=1S/C14H26N2O2/c15-12(9-11-5-2-1-3-6-11)14(18-10-17)13-7-4-8-16-13/h10-14,16H,1-9,15H2. The van der Waals surface area contributed by atoms with Gasteiger partial charge in [0.1, 0.15) is 6.10 Å². The van der Waals surface area contributed by atoms with Gasteiger partial charge in [0, 0.05) is 12.1 Å². The summed E-state index contributed by atoms with van der Waals surface area (Å²) < 4.78 is 5.26. The van der Waals surface area contributed by atoms with Gasteiger partial charge in [0.05, 0.1) is 0 Å². The van der Waals surface area contributed by atoms with Crippen LogP contribution in [0, 0.1) is 5.92 Å². The number of hydrogen-bond donors (Lipinski definition) is 2. The lowest BCUT2D eigenvalue weighted by molar-refractivity contribution is -0.136. The first-order chi connectivity index (χ1) is 8.81. The second kappa shape index (κ2) is 7.10. The minimum Gasteiger partial charge on any atom is -0.461 e. The molecule has 3 N–H and O–H groups in total. The maximum Gasteiger partial charge on any atom is 0.293 e. The summed E-state index contributed by atoms with van der Waals surface area (Å²) in [5.74, 6) is 0.730. The SMILES string of the molecule is NC(CC1CCCCC1)C(OC=O)C1CCCN1. The number of rotatable bonds is 6. The Morgan fingerprint density at radius 2 is 2.00 bits per heavy atom. The van der Waals surface area contributed by atoms with Crippen LogP contribution in [0.5, 0.6) is 0 Å². The van der Waals surface area contributed by atoms with Crippen LogP contribution >= 0.6 is 0 Å². The molecule has 0 spiro atoms. The molecule has 4 nitrogen and oxygen atoms in total. The lowest BCUT2D eigenvalue weighted by Crippen LogP contribution is -2.49. The quantitative estimate of drug-likeness (QED) is 0.706. The van der Waals surface area contributed by atoms with Gasteiger partial charge in [-0.15, -0.1) is 0 Å². The summed E-state index contributed by atoms with van der Waals surface area (Å²) >= 11 is 0. The lowest BCUT2D eigenvalue weighted by atomic mass is 9.83. The van der Waals surface area contributed by atoms with Crippen LogP contribution in [0.15, 0.2) is 0 Å². The first-order valence-electron chi connectivity index (χ1n) is 7.39. The molecule has 104 valence electrons. The molecule has 1 aliphatic carbocycles. The number of nitrogens with one attached hydrogen (secondary N) is 1. The first kappa shape index (κ1) is 13.8. The summed E-state index contributed by atoms with van der Waals surface area (Å²) in [6.07, 6.45) is 9.68. The van der Waals surface area contributed by atoms with Crippen molar-refractivity contribution in [2.45, 2.75) is 69.6 Å². The van der Waals surface area contributed by atoms with Crippen molar-refractivity contribution in [2.24, 2.45) is 11.7 Å². The van der Waals surface area contributed by atoms with Gasteiger partial charge in [0.25, 0.3) is 6.47 Å². The van der Waals surface area contributed by atoms with E-state index in [1.807, 2.05) is 0 Å². The molecule has 2 aliphatic rings. The van der Waals surface area contributed by atoms with Crippen LogP contribution in [0.3, 0.4) is 0 Å². The van der Waals surface area contributed by atoms with Gasteiger partial charge in [0.2, 0.25) is 0 Å². The van der Waals surface area contributed by atoms with E-state index in [2.05, 4.69) is 5.32 Å². The average Bonchev–Trinajstić information content (AvgIpc) is 2.90. The van der Waals surface area contributed by atoms with Gasteiger partial charge in [-0.2, -0.15) is 0 Å². The Kier molecular flexibility index (Phi) is 5.45. The maximum atomic E-state index is 10.7. The van der Waals surface area contributed by atoms with Crippen molar-refractivity contribution in [3.05, 3.63) is 0 Å². The smallest absolute Gasteiger partial charge is 0.293 e. The fourth-order valence-corrected chi connectivity index (χ4v) is 3.49. The zero-order valence-electron chi connectivity index (χ0n) is 11.1. The van der Waals surface area contributed by atoms with E-state index in [1.165, 1.54) is 32.1 Å². The Labute approximate surface area is 110 Å². The van der Waals surface area contributed by atoms with Crippen LogP contribution in [0.2, 0.25) is 0 Å². The summed E-state index contributed by atoms with van der Waals surface area (Å²) in [6, 6.07) is 0.239. The third kappa shape index (κ3) is 3.69. The predicted octanol–water partition coefficient (Wildman–Crippen LogP) is 1.58. The van der Waals surface area contributed by atoms with Crippen LogP contribution in [0.4, 0.5) is 0 Å². The lowest BCUT2D eigenvalue weighted by Gasteiger charge is -2.31. The predicted molar refractivity (Wildman–Crippen MR) is 71.1 cm³/mol. The van der Waals surface area contributed by atoms with E-state index in [9.17, 15) is 4.79 Å². The molecule has 4 heteroatoms. The topological polar surface area (TPSA) is 64.3 Å². The molecule has 2 rings (SSSR count). The van der Waals surface area contributed by atoms with E-state index in [1.54, 1.807) is 0 Å². The Hall–Kier alpha value is -0.610. The molecule has 0 radical (unpaired) electrons. The molecule has 1 saturated carbocycles. The molecule has 1 heterocycles. The van der Waals surface area contributed by atoms with E-state index >= 15 is 0 Å². The summed E-state index contributed by atoms with van der Waals surface area (Å²) in [6.45, 7) is 1.57. The van der Waals surface area contributed by atoms with Gasteiger partial charge in [-0.1, -0.05) is 32.1 Å². The molecule has 0 aromatic rings. The Morgan fingerprint density at radius 1 is 1.22 bits per heavy atom. The summed E-state index contributed by atoms with van der Waals surface area (Å²) in [4.78, 5) is 10.7. The fourth-order valence-electron chi connectivity index (χ4n) is 3.49. The van der Waals surface area contributed by atoms with Crippen LogP contribution in [0.1, 0.15) is 51.4 Å². The Bertz CT molecular complexity index is 248. The third-order valence-electron chi connectivity index (χ3n) is 4.46. The molecular formula is C14H26N2O2. The van der Waals surface area contributed by atoms with Crippen molar-refractivity contribution >= 4 is 6.47 Å². The number of ether oxygens (including phenoxy) is 1. The number of hydrogen-bond acceptors (Lipinski definition) is 4. The second-order valence-corrected chi connectivity index (χ2v) is 5.80. The van der Waals surface area contributed by atoms with Crippen molar-refractivity contribution in [3.8, 4) is 0 Å². The molecule has 3 unspecified atom stereocenters. The van der Waals surface area contributed by atoms with Crippen LogP contribution in [-0.2, 0) is 9.53 Å². The highest BCUT2D eigenvalue weighted by atomic mass is 16.5. The van der Waals surface area contributed by atoms with Gasteiger partial charge in [-0.25, -0.2) is 0 Å². The molecular weight excluding hydrogens is 228 g/mol. The summed E-state index contributed by atoms with van der Waals surface area (Å²) in [5, 5.41) is 3.40. The zero-order chi connectivity index (χ0) is 12.8. The molecule has 0 aromatic heterocycles. The van der Waals surface area contributed by atoms with E-state index < -0.39 is 0 Å². The van der Waals surface area contributed by atoms with E-state index in [-0.39, 0.29) is 18.2 Å². The van der Waals surface area contributed by atoms with Crippen LogP contribution in [-0.4, -0.2) is 31.2 Å². The van der Waals surface area contributed by atoms with Gasteiger partial charge in [-0.3, -0.25) is 4.79 Å². The maximum absolute atomic E-state index is 10.7. The summed E-state index contributed by atoms with van der Waals surface area (Å²) in [7, 11) is 0. The molecule has 1 aliphatic heterocycles. The first-order valence-corrected chi connectivity index (χ1v) is 7.39. The Balaban J connectivity index is 1.85. The second-order valence-electron chi connectivity index (χ2n) is 5.80. The van der Waals surface area contributed by atoms with Gasteiger partial charge in [-0.05, 0) is 31.7 Å². The largest absolute Gasteiger partial charge is 0.461 e. The molecule has 3 atom stereocenters.